The SMILES string of the molecule is COc1cc2nccc(Oc3ccc(CC(=O)Cc4ccc(C)c(C(F)(F)F)c4)cc3)c2cc1OC. The van der Waals surface area contributed by atoms with Gasteiger partial charge in [-0.2, -0.15) is 13.2 Å². The third kappa shape index (κ3) is 5.59. The Morgan fingerprint density at radius 1 is 0.833 bits per heavy atom. The van der Waals surface area contributed by atoms with Gasteiger partial charge in [-0.15, -0.1) is 0 Å². The first-order valence-electron chi connectivity index (χ1n) is 11.1. The maximum absolute atomic E-state index is 13.2. The van der Waals surface area contributed by atoms with Gasteiger partial charge in [0.2, 0.25) is 0 Å². The molecule has 4 rings (SSSR count). The number of carbonyl (C=O) groups is 1. The average molecular weight is 495 g/mol. The Hall–Kier alpha value is -4.07. The minimum Gasteiger partial charge on any atom is -0.493 e. The van der Waals surface area contributed by atoms with Crippen molar-refractivity contribution in [2.24, 2.45) is 0 Å². The molecule has 0 atom stereocenters. The molecule has 0 aliphatic carbocycles. The zero-order valence-corrected chi connectivity index (χ0v) is 20.0. The Morgan fingerprint density at radius 2 is 1.47 bits per heavy atom. The van der Waals surface area contributed by atoms with E-state index in [1.54, 1.807) is 68.9 Å². The number of methoxy groups -OCH3 is 2. The number of aromatic nitrogens is 1. The number of benzene rings is 3. The van der Waals surface area contributed by atoms with Gasteiger partial charge < -0.3 is 14.2 Å². The molecule has 1 heterocycles. The van der Waals surface area contributed by atoms with Gasteiger partial charge in [-0.1, -0.05) is 24.3 Å². The van der Waals surface area contributed by atoms with E-state index in [9.17, 15) is 18.0 Å². The molecular formula is C28H24F3NO4. The molecule has 1 aromatic heterocycles. The number of pyridine rings is 1. The summed E-state index contributed by atoms with van der Waals surface area (Å²) in [6.07, 6.45) is -2.79. The zero-order chi connectivity index (χ0) is 25.9. The van der Waals surface area contributed by atoms with Crippen molar-refractivity contribution in [1.82, 2.24) is 4.98 Å². The van der Waals surface area contributed by atoms with E-state index in [-0.39, 0.29) is 24.2 Å². The van der Waals surface area contributed by atoms with Crippen molar-refractivity contribution in [2.45, 2.75) is 25.9 Å². The van der Waals surface area contributed by atoms with Crippen molar-refractivity contribution in [1.29, 1.82) is 0 Å². The smallest absolute Gasteiger partial charge is 0.416 e. The summed E-state index contributed by atoms with van der Waals surface area (Å²) in [4.78, 5) is 16.9. The summed E-state index contributed by atoms with van der Waals surface area (Å²) in [5, 5.41) is 0.741. The van der Waals surface area contributed by atoms with Crippen LogP contribution in [0.4, 0.5) is 13.2 Å². The van der Waals surface area contributed by atoms with Crippen LogP contribution < -0.4 is 14.2 Å². The number of fused-ring (bicyclic) bond motifs is 1. The number of aryl methyl sites for hydroxylation is 1. The highest BCUT2D eigenvalue weighted by Crippen LogP contribution is 2.37. The lowest BCUT2D eigenvalue weighted by Gasteiger charge is -2.13. The summed E-state index contributed by atoms with van der Waals surface area (Å²) >= 11 is 0. The Kier molecular flexibility index (Phi) is 7.15. The minimum atomic E-state index is -4.45. The number of rotatable bonds is 8. The molecule has 0 saturated heterocycles. The molecule has 0 amide bonds. The second-order valence-electron chi connectivity index (χ2n) is 8.32. The van der Waals surface area contributed by atoms with Crippen LogP contribution in [0, 0.1) is 6.92 Å². The van der Waals surface area contributed by atoms with E-state index >= 15 is 0 Å². The van der Waals surface area contributed by atoms with Crippen molar-refractivity contribution >= 4 is 16.7 Å². The van der Waals surface area contributed by atoms with Gasteiger partial charge in [0.05, 0.1) is 25.3 Å². The zero-order valence-electron chi connectivity index (χ0n) is 20.0. The molecule has 0 bridgehead atoms. The van der Waals surface area contributed by atoms with Crippen LogP contribution in [-0.2, 0) is 23.8 Å². The Balaban J connectivity index is 1.46. The lowest BCUT2D eigenvalue weighted by atomic mass is 9.99. The molecule has 36 heavy (non-hydrogen) atoms. The first-order chi connectivity index (χ1) is 17.2. The molecule has 0 N–H and O–H groups in total. The largest absolute Gasteiger partial charge is 0.493 e. The topological polar surface area (TPSA) is 57.7 Å². The van der Waals surface area contributed by atoms with Crippen molar-refractivity contribution in [3.8, 4) is 23.0 Å². The van der Waals surface area contributed by atoms with E-state index in [1.165, 1.54) is 13.0 Å². The Bertz CT molecular complexity index is 1400. The van der Waals surface area contributed by atoms with Crippen LogP contribution in [0.2, 0.25) is 0 Å². The van der Waals surface area contributed by atoms with Crippen molar-refractivity contribution in [2.75, 3.05) is 14.2 Å². The number of alkyl halides is 3. The average Bonchev–Trinajstić information content (AvgIpc) is 2.85. The molecule has 0 radical (unpaired) electrons. The third-order valence-corrected chi connectivity index (χ3v) is 5.77. The molecule has 0 spiro atoms. The molecule has 186 valence electrons. The fraction of sp³-hybridized carbons (Fsp3) is 0.214. The van der Waals surface area contributed by atoms with Gasteiger partial charge in [0, 0.05) is 30.5 Å². The fourth-order valence-electron chi connectivity index (χ4n) is 3.94. The van der Waals surface area contributed by atoms with E-state index < -0.39 is 11.7 Å². The quantitative estimate of drug-likeness (QED) is 0.271. The standard InChI is InChI=1S/C28H24F3NO4/c1-17-4-5-19(14-23(17)28(29,30)31)13-20(33)12-18-6-8-21(9-7-18)36-25-10-11-32-24-16-27(35-3)26(34-2)15-22(24)25/h4-11,14-16H,12-13H2,1-3H3. The number of hydrogen-bond donors (Lipinski definition) is 0. The summed E-state index contributed by atoms with van der Waals surface area (Å²) < 4.78 is 56.2. The van der Waals surface area contributed by atoms with Crippen molar-refractivity contribution in [3.05, 3.63) is 89.1 Å². The fourth-order valence-corrected chi connectivity index (χ4v) is 3.94. The van der Waals surface area contributed by atoms with Crippen LogP contribution >= 0.6 is 0 Å². The van der Waals surface area contributed by atoms with Gasteiger partial charge in [0.25, 0.3) is 0 Å². The Morgan fingerprint density at radius 3 is 2.14 bits per heavy atom. The van der Waals surface area contributed by atoms with E-state index in [1.807, 2.05) is 0 Å². The van der Waals surface area contributed by atoms with E-state index in [0.717, 1.165) is 17.0 Å². The Labute approximate surface area is 206 Å². The molecule has 5 nitrogen and oxygen atoms in total. The second kappa shape index (κ2) is 10.3. The maximum Gasteiger partial charge on any atom is 0.416 e. The van der Waals surface area contributed by atoms with E-state index in [2.05, 4.69) is 4.98 Å². The van der Waals surface area contributed by atoms with E-state index in [4.69, 9.17) is 14.2 Å². The number of halogens is 3. The molecule has 0 aliphatic rings. The maximum atomic E-state index is 13.2. The monoisotopic (exact) mass is 495 g/mol. The molecular weight excluding hydrogens is 471 g/mol. The van der Waals surface area contributed by atoms with Crippen molar-refractivity contribution in [3.63, 3.8) is 0 Å². The molecule has 4 aromatic rings. The molecule has 0 saturated carbocycles. The van der Waals surface area contributed by atoms with Crippen LogP contribution in [0.15, 0.2) is 66.9 Å². The predicted octanol–water partition coefficient (Wildman–Crippen LogP) is 6.73. The number of nitrogens with zero attached hydrogens (tertiary/aromatic N) is 1. The van der Waals surface area contributed by atoms with Gasteiger partial charge in [-0.05, 0) is 53.9 Å². The second-order valence-corrected chi connectivity index (χ2v) is 8.32. The van der Waals surface area contributed by atoms with Crippen LogP contribution in [-0.4, -0.2) is 25.0 Å². The minimum absolute atomic E-state index is 0.0735. The summed E-state index contributed by atoms with van der Waals surface area (Å²) in [6.45, 7) is 1.40. The highest BCUT2D eigenvalue weighted by molar-refractivity contribution is 5.88. The molecule has 8 heteroatoms. The molecule has 0 fully saturated rings. The van der Waals surface area contributed by atoms with Crippen LogP contribution in [0.5, 0.6) is 23.0 Å². The lowest BCUT2D eigenvalue weighted by Crippen LogP contribution is -2.11. The van der Waals surface area contributed by atoms with E-state index in [0.29, 0.717) is 34.1 Å². The van der Waals surface area contributed by atoms with Gasteiger partial charge in [-0.3, -0.25) is 9.78 Å². The van der Waals surface area contributed by atoms with Gasteiger partial charge in [-0.25, -0.2) is 0 Å². The highest BCUT2D eigenvalue weighted by atomic mass is 19.4. The number of ketones is 1. The third-order valence-electron chi connectivity index (χ3n) is 5.77. The van der Waals surface area contributed by atoms with Crippen LogP contribution in [0.3, 0.4) is 0 Å². The predicted molar refractivity (Wildman–Crippen MR) is 130 cm³/mol. The summed E-state index contributed by atoms with van der Waals surface area (Å²) in [6, 6.07) is 16.3. The van der Waals surface area contributed by atoms with Crippen LogP contribution in [0.25, 0.3) is 10.9 Å². The summed E-state index contributed by atoms with van der Waals surface area (Å²) in [7, 11) is 3.10. The molecule has 3 aromatic carbocycles. The molecule has 0 aliphatic heterocycles. The normalized spacial score (nSPS) is 11.4. The molecule has 0 unspecified atom stereocenters. The van der Waals surface area contributed by atoms with Crippen molar-refractivity contribution < 1.29 is 32.2 Å². The first kappa shape index (κ1) is 25.0. The van der Waals surface area contributed by atoms with Gasteiger partial charge in [0.15, 0.2) is 11.5 Å². The number of Topliss-reactive ketones (excluding diaryl/α,β-unsaturated/α-hetero) is 1. The number of hydrogen-bond acceptors (Lipinski definition) is 5. The lowest BCUT2D eigenvalue weighted by molar-refractivity contribution is -0.138. The van der Waals surface area contributed by atoms with Crippen LogP contribution in [0.1, 0.15) is 22.3 Å². The van der Waals surface area contributed by atoms with Gasteiger partial charge >= 0.3 is 6.18 Å². The first-order valence-corrected chi connectivity index (χ1v) is 11.1. The van der Waals surface area contributed by atoms with Gasteiger partial charge in [0.1, 0.15) is 17.3 Å². The number of ether oxygens (including phenoxy) is 3. The summed E-state index contributed by atoms with van der Waals surface area (Å²) in [5.41, 5.74) is 1.18. The number of carbonyl (C=O) groups excluding carboxylic acids is 1. The highest BCUT2D eigenvalue weighted by Gasteiger charge is 2.32. The summed E-state index contributed by atoms with van der Waals surface area (Å²) in [5.74, 6) is 2.06.